The van der Waals surface area contributed by atoms with Gasteiger partial charge in [-0.2, -0.15) is 0 Å². The molecule has 1 aliphatic rings. The Morgan fingerprint density at radius 1 is 1.27 bits per heavy atom. The van der Waals surface area contributed by atoms with E-state index in [1.807, 2.05) is 37.9 Å². The van der Waals surface area contributed by atoms with Crippen LogP contribution in [-0.2, 0) is 14.6 Å². The predicted molar refractivity (Wildman–Crippen MR) is 89.0 cm³/mol. The molecule has 122 valence electrons. The van der Waals surface area contributed by atoms with Gasteiger partial charge in [-0.25, -0.2) is 8.42 Å². The first-order valence-electron chi connectivity index (χ1n) is 7.44. The second-order valence-corrected chi connectivity index (χ2v) is 8.44. The third kappa shape index (κ3) is 3.80. The van der Waals surface area contributed by atoms with Crippen LogP contribution in [0.3, 0.4) is 0 Å². The smallest absolute Gasteiger partial charge is 0.242 e. The Hall–Kier alpha value is -1.56. The molecule has 1 amide bonds. The van der Waals surface area contributed by atoms with E-state index in [1.54, 1.807) is 11.9 Å². The lowest BCUT2D eigenvalue weighted by Crippen LogP contribution is -2.43. The molecule has 6 heteroatoms. The maximum absolute atomic E-state index is 12.4. The lowest BCUT2D eigenvalue weighted by Gasteiger charge is -2.28. The molecule has 22 heavy (non-hydrogen) atoms. The number of benzene rings is 1. The van der Waals surface area contributed by atoms with Crippen LogP contribution in [-0.4, -0.2) is 57.4 Å². The third-order valence-electron chi connectivity index (χ3n) is 4.30. The number of sulfone groups is 1. The summed E-state index contributed by atoms with van der Waals surface area (Å²) in [5.74, 6) is 0.218. The van der Waals surface area contributed by atoms with E-state index >= 15 is 0 Å². The van der Waals surface area contributed by atoms with Gasteiger partial charge in [0.05, 0.1) is 18.1 Å². The number of carbonyl (C=O) groups is 1. The van der Waals surface area contributed by atoms with E-state index in [9.17, 15) is 13.2 Å². The maximum atomic E-state index is 12.4. The minimum absolute atomic E-state index is 0.0505. The first kappa shape index (κ1) is 16.8. The molecule has 1 saturated heterocycles. The van der Waals surface area contributed by atoms with E-state index in [0.29, 0.717) is 6.42 Å². The molecule has 1 aromatic carbocycles. The molecular formula is C16H24N2O3S. The Bertz CT molecular complexity index is 670. The Balaban J connectivity index is 2.03. The molecule has 1 aliphatic heterocycles. The molecule has 0 radical (unpaired) electrons. The molecule has 5 nitrogen and oxygen atoms in total. The minimum atomic E-state index is -2.97. The van der Waals surface area contributed by atoms with Gasteiger partial charge >= 0.3 is 0 Å². The molecule has 0 spiro atoms. The lowest BCUT2D eigenvalue weighted by molar-refractivity contribution is -0.130. The molecule has 1 fully saturated rings. The quantitative estimate of drug-likeness (QED) is 0.840. The zero-order chi connectivity index (χ0) is 16.5. The van der Waals surface area contributed by atoms with Crippen molar-refractivity contribution in [1.29, 1.82) is 0 Å². The van der Waals surface area contributed by atoms with Gasteiger partial charge in [0.2, 0.25) is 5.91 Å². The second-order valence-electron chi connectivity index (χ2n) is 6.21. The number of hydrogen-bond donors (Lipinski definition) is 0. The van der Waals surface area contributed by atoms with E-state index < -0.39 is 9.84 Å². The van der Waals surface area contributed by atoms with Crippen LogP contribution in [0.1, 0.15) is 17.5 Å². The number of aryl methyl sites for hydroxylation is 2. The van der Waals surface area contributed by atoms with Gasteiger partial charge in [0.25, 0.3) is 0 Å². The standard InChI is InChI=1S/C16H24N2O3S/c1-12-5-6-13(2)15(9-12)17(3)10-16(19)18(4)14-7-8-22(20,21)11-14/h5-6,9,14H,7-8,10-11H2,1-4H3/t14-/m0/s1. The molecule has 0 unspecified atom stereocenters. The molecule has 0 bridgehead atoms. The van der Waals surface area contributed by atoms with Crippen LogP contribution in [0.5, 0.6) is 0 Å². The monoisotopic (exact) mass is 324 g/mol. The zero-order valence-corrected chi connectivity index (χ0v) is 14.5. The minimum Gasteiger partial charge on any atom is -0.365 e. The summed E-state index contributed by atoms with van der Waals surface area (Å²) in [5.41, 5.74) is 3.29. The highest BCUT2D eigenvalue weighted by molar-refractivity contribution is 7.91. The average Bonchev–Trinajstić information content (AvgIpc) is 2.80. The summed E-state index contributed by atoms with van der Waals surface area (Å²) >= 11 is 0. The number of carbonyl (C=O) groups excluding carboxylic acids is 1. The molecule has 0 aliphatic carbocycles. The van der Waals surface area contributed by atoms with Crippen molar-refractivity contribution in [1.82, 2.24) is 4.90 Å². The highest BCUT2D eigenvalue weighted by Crippen LogP contribution is 2.21. The number of rotatable bonds is 4. The van der Waals surface area contributed by atoms with E-state index in [0.717, 1.165) is 16.8 Å². The van der Waals surface area contributed by atoms with E-state index in [4.69, 9.17) is 0 Å². The number of amides is 1. The van der Waals surface area contributed by atoms with E-state index in [2.05, 4.69) is 6.07 Å². The number of anilines is 1. The highest BCUT2D eigenvalue weighted by atomic mass is 32.2. The molecule has 1 atom stereocenters. The van der Waals surface area contributed by atoms with Crippen molar-refractivity contribution in [3.63, 3.8) is 0 Å². The van der Waals surface area contributed by atoms with Crippen LogP contribution in [0.15, 0.2) is 18.2 Å². The van der Waals surface area contributed by atoms with Crippen LogP contribution in [0.25, 0.3) is 0 Å². The molecule has 1 heterocycles. The van der Waals surface area contributed by atoms with Crippen LogP contribution in [0.2, 0.25) is 0 Å². The fourth-order valence-electron chi connectivity index (χ4n) is 2.81. The number of nitrogens with zero attached hydrogens (tertiary/aromatic N) is 2. The van der Waals surface area contributed by atoms with Gasteiger partial charge < -0.3 is 9.80 Å². The molecular weight excluding hydrogens is 300 g/mol. The fourth-order valence-corrected chi connectivity index (χ4v) is 4.59. The summed E-state index contributed by atoms with van der Waals surface area (Å²) in [6.07, 6.45) is 0.539. The third-order valence-corrected chi connectivity index (χ3v) is 6.05. The Kier molecular flexibility index (Phi) is 4.80. The zero-order valence-electron chi connectivity index (χ0n) is 13.7. The lowest BCUT2D eigenvalue weighted by atomic mass is 10.1. The normalized spacial score (nSPS) is 19.9. The van der Waals surface area contributed by atoms with Crippen molar-refractivity contribution in [3.05, 3.63) is 29.3 Å². The van der Waals surface area contributed by atoms with Crippen LogP contribution >= 0.6 is 0 Å². The van der Waals surface area contributed by atoms with Gasteiger partial charge in [-0.1, -0.05) is 12.1 Å². The summed E-state index contributed by atoms with van der Waals surface area (Å²) in [7, 11) is 0.613. The van der Waals surface area contributed by atoms with Gasteiger partial charge in [0, 0.05) is 25.8 Å². The molecule has 0 aromatic heterocycles. The van der Waals surface area contributed by atoms with Gasteiger partial charge in [0.1, 0.15) is 0 Å². The summed E-state index contributed by atoms with van der Waals surface area (Å²) in [4.78, 5) is 15.9. The first-order chi connectivity index (χ1) is 10.2. The van der Waals surface area contributed by atoms with E-state index in [1.165, 1.54) is 0 Å². The van der Waals surface area contributed by atoms with Gasteiger partial charge in [-0.05, 0) is 37.5 Å². The van der Waals surface area contributed by atoms with Crippen molar-refractivity contribution >= 4 is 21.4 Å². The van der Waals surface area contributed by atoms with Crippen LogP contribution < -0.4 is 4.90 Å². The maximum Gasteiger partial charge on any atom is 0.242 e. The Labute approximate surface area is 132 Å². The molecule has 0 saturated carbocycles. The Morgan fingerprint density at radius 2 is 1.95 bits per heavy atom. The summed E-state index contributed by atoms with van der Waals surface area (Å²) in [6, 6.07) is 5.95. The van der Waals surface area contributed by atoms with Crippen LogP contribution in [0.4, 0.5) is 5.69 Å². The number of hydrogen-bond acceptors (Lipinski definition) is 4. The topological polar surface area (TPSA) is 57.7 Å². The molecule has 1 aromatic rings. The van der Waals surface area contributed by atoms with E-state index in [-0.39, 0.29) is 30.0 Å². The summed E-state index contributed by atoms with van der Waals surface area (Å²) < 4.78 is 23.1. The number of likely N-dealkylation sites (N-methyl/N-ethyl adjacent to an activating group) is 2. The average molecular weight is 324 g/mol. The summed E-state index contributed by atoms with van der Waals surface area (Å²) in [6.45, 7) is 4.29. The molecule has 0 N–H and O–H groups in total. The molecule has 2 rings (SSSR count). The second kappa shape index (κ2) is 6.28. The summed E-state index contributed by atoms with van der Waals surface area (Å²) in [5, 5.41) is 0. The van der Waals surface area contributed by atoms with Crippen molar-refractivity contribution in [2.45, 2.75) is 26.3 Å². The van der Waals surface area contributed by atoms with Gasteiger partial charge in [0.15, 0.2) is 9.84 Å². The van der Waals surface area contributed by atoms with Gasteiger partial charge in [-0.15, -0.1) is 0 Å². The van der Waals surface area contributed by atoms with Gasteiger partial charge in [-0.3, -0.25) is 4.79 Å². The SMILES string of the molecule is Cc1ccc(C)c(N(C)CC(=O)N(C)[C@H]2CCS(=O)(=O)C2)c1. The van der Waals surface area contributed by atoms with Crippen molar-refractivity contribution in [2.75, 3.05) is 37.0 Å². The first-order valence-corrected chi connectivity index (χ1v) is 9.26. The Morgan fingerprint density at radius 3 is 2.55 bits per heavy atom. The van der Waals surface area contributed by atoms with Crippen molar-refractivity contribution in [2.24, 2.45) is 0 Å². The fraction of sp³-hybridized carbons (Fsp3) is 0.562. The predicted octanol–water partition coefficient (Wildman–Crippen LogP) is 1.39. The largest absolute Gasteiger partial charge is 0.365 e. The highest BCUT2D eigenvalue weighted by Gasteiger charge is 2.32. The van der Waals surface area contributed by atoms with Crippen molar-refractivity contribution in [3.8, 4) is 0 Å². The van der Waals surface area contributed by atoms with Crippen LogP contribution in [0, 0.1) is 13.8 Å². The van der Waals surface area contributed by atoms with Crippen molar-refractivity contribution < 1.29 is 13.2 Å².